The number of hydrogen-bond acceptors (Lipinski definition) is 6. The van der Waals surface area contributed by atoms with E-state index in [1.54, 1.807) is 30.6 Å². The van der Waals surface area contributed by atoms with E-state index >= 15 is 0 Å². The highest BCUT2D eigenvalue weighted by molar-refractivity contribution is 6.06. The summed E-state index contributed by atoms with van der Waals surface area (Å²) in [6.07, 6.45) is 11.4. The second-order valence-corrected chi connectivity index (χ2v) is 11.7. The van der Waals surface area contributed by atoms with Gasteiger partial charge >= 0.3 is 0 Å². The van der Waals surface area contributed by atoms with Crippen LogP contribution in [0.4, 0.5) is 28.7 Å². The van der Waals surface area contributed by atoms with Crippen molar-refractivity contribution in [1.82, 2.24) is 9.97 Å². The lowest BCUT2D eigenvalue weighted by Gasteiger charge is -2.56. The molecule has 4 fully saturated rings. The zero-order valence-corrected chi connectivity index (χ0v) is 21.7. The van der Waals surface area contributed by atoms with Crippen LogP contribution in [0, 0.1) is 30.1 Å². The quantitative estimate of drug-likeness (QED) is 0.293. The van der Waals surface area contributed by atoms with Crippen molar-refractivity contribution in [1.29, 1.82) is 0 Å². The number of nitrogens with one attached hydrogen (secondary N) is 3. The number of nitrogens with zero attached hydrogens (tertiary/aromatic N) is 2. The molecule has 4 saturated carbocycles. The molecule has 196 valence electrons. The largest absolute Gasteiger partial charge is 0.399 e. The van der Waals surface area contributed by atoms with Gasteiger partial charge in [0.25, 0.3) is 5.91 Å². The van der Waals surface area contributed by atoms with Gasteiger partial charge < -0.3 is 21.7 Å². The lowest BCUT2D eigenvalue weighted by molar-refractivity contribution is -0.124. The lowest BCUT2D eigenvalue weighted by Crippen LogP contribution is -2.47. The predicted octanol–water partition coefficient (Wildman–Crippen LogP) is 5.91. The van der Waals surface area contributed by atoms with Crippen molar-refractivity contribution in [2.45, 2.75) is 51.9 Å². The number of carbonyl (C=O) groups excluding carboxylic acids is 2. The second-order valence-electron chi connectivity index (χ2n) is 11.7. The van der Waals surface area contributed by atoms with Crippen molar-refractivity contribution >= 4 is 40.5 Å². The summed E-state index contributed by atoms with van der Waals surface area (Å²) in [5.41, 5.74) is 9.85. The minimum absolute atomic E-state index is 0.0545. The predicted molar refractivity (Wildman–Crippen MR) is 149 cm³/mol. The van der Waals surface area contributed by atoms with Crippen LogP contribution in [0.15, 0.2) is 54.9 Å². The Balaban J connectivity index is 1.08. The summed E-state index contributed by atoms with van der Waals surface area (Å²) in [4.78, 5) is 34.7. The van der Waals surface area contributed by atoms with Crippen LogP contribution in [-0.2, 0) is 4.79 Å². The molecular weight excluding hydrogens is 476 g/mol. The lowest BCUT2D eigenvalue weighted by atomic mass is 9.49. The summed E-state index contributed by atoms with van der Waals surface area (Å²) < 4.78 is 0. The Kier molecular flexibility index (Phi) is 6.26. The van der Waals surface area contributed by atoms with Gasteiger partial charge in [0.1, 0.15) is 0 Å². The molecule has 8 nitrogen and oxygen atoms in total. The standard InChI is InChI=1S/C30H34N6O2/c1-18-5-6-24(34-27(37)15-30-12-19-7-20(13-30)9-21(8-19)14-30)11-26(18)28(38)35-25-16-32-29(33-17-25)36-23-4-2-3-22(31)10-23/h2-6,10-11,16-17,19-21H,7-9,12-15,31H2,1H3,(H,34,37)(H,35,38)(H,32,33,36). The first-order valence-corrected chi connectivity index (χ1v) is 13.5. The molecule has 0 unspecified atom stereocenters. The van der Waals surface area contributed by atoms with Gasteiger partial charge in [0.15, 0.2) is 0 Å². The number of hydrogen-bond donors (Lipinski definition) is 4. The first kappa shape index (κ1) is 24.4. The number of anilines is 5. The maximum atomic E-state index is 13.1. The van der Waals surface area contributed by atoms with Gasteiger partial charge in [-0.3, -0.25) is 9.59 Å². The van der Waals surface area contributed by atoms with Crippen LogP contribution in [0.1, 0.15) is 60.9 Å². The van der Waals surface area contributed by atoms with Gasteiger partial charge in [-0.05, 0) is 105 Å². The van der Waals surface area contributed by atoms with Crippen LogP contribution >= 0.6 is 0 Å². The molecule has 4 aliphatic carbocycles. The van der Waals surface area contributed by atoms with Gasteiger partial charge in [0.2, 0.25) is 11.9 Å². The Bertz CT molecular complexity index is 1330. The van der Waals surface area contributed by atoms with Crippen molar-refractivity contribution in [3.8, 4) is 0 Å². The van der Waals surface area contributed by atoms with E-state index in [4.69, 9.17) is 5.73 Å². The zero-order valence-electron chi connectivity index (χ0n) is 21.7. The third-order valence-electron chi connectivity index (χ3n) is 8.52. The fourth-order valence-corrected chi connectivity index (χ4v) is 7.40. The molecule has 8 heteroatoms. The van der Waals surface area contributed by atoms with E-state index < -0.39 is 0 Å². The summed E-state index contributed by atoms with van der Waals surface area (Å²) in [6, 6.07) is 12.8. The van der Waals surface area contributed by atoms with Crippen molar-refractivity contribution < 1.29 is 9.59 Å². The van der Waals surface area contributed by atoms with E-state index in [0.29, 0.717) is 35.0 Å². The maximum absolute atomic E-state index is 13.1. The molecule has 0 radical (unpaired) electrons. The highest BCUT2D eigenvalue weighted by Crippen LogP contribution is 2.61. The first-order chi connectivity index (χ1) is 18.3. The van der Waals surface area contributed by atoms with E-state index in [-0.39, 0.29) is 17.2 Å². The van der Waals surface area contributed by atoms with Gasteiger partial charge in [-0.15, -0.1) is 0 Å². The van der Waals surface area contributed by atoms with Gasteiger partial charge in [-0.25, -0.2) is 9.97 Å². The summed E-state index contributed by atoms with van der Waals surface area (Å²) >= 11 is 0. The summed E-state index contributed by atoms with van der Waals surface area (Å²) in [5, 5.41) is 9.02. The number of rotatable bonds is 7. The Hall–Kier alpha value is -3.94. The molecule has 1 aromatic heterocycles. The third kappa shape index (κ3) is 5.21. The molecule has 0 aliphatic heterocycles. The average molecular weight is 511 g/mol. The SMILES string of the molecule is Cc1ccc(NC(=O)CC23CC4CC(CC(C4)C2)C3)cc1C(=O)Nc1cnc(Nc2cccc(N)c2)nc1. The van der Waals surface area contributed by atoms with E-state index in [9.17, 15) is 9.59 Å². The molecule has 0 spiro atoms. The number of carbonyl (C=O) groups is 2. The fraction of sp³-hybridized carbons (Fsp3) is 0.400. The van der Waals surface area contributed by atoms with Crippen molar-refractivity contribution in [3.05, 3.63) is 66.0 Å². The summed E-state index contributed by atoms with van der Waals surface area (Å²) in [5.74, 6) is 2.62. The number of amides is 2. The molecule has 0 saturated heterocycles. The molecule has 2 amide bonds. The zero-order chi connectivity index (χ0) is 26.3. The van der Waals surface area contributed by atoms with Gasteiger partial charge in [0.05, 0.1) is 18.1 Å². The monoisotopic (exact) mass is 510 g/mol. The number of nitrogens with two attached hydrogens (primary N) is 1. The topological polar surface area (TPSA) is 122 Å². The van der Waals surface area contributed by atoms with E-state index in [1.165, 1.54) is 38.5 Å². The first-order valence-electron chi connectivity index (χ1n) is 13.5. The normalized spacial score (nSPS) is 25.1. The number of aromatic nitrogens is 2. The van der Waals surface area contributed by atoms with E-state index in [0.717, 1.165) is 29.0 Å². The fourth-order valence-electron chi connectivity index (χ4n) is 7.40. The third-order valence-corrected chi connectivity index (χ3v) is 8.52. The highest BCUT2D eigenvalue weighted by Gasteiger charge is 2.51. The molecule has 38 heavy (non-hydrogen) atoms. The number of benzene rings is 2. The van der Waals surface area contributed by atoms with Crippen LogP contribution in [0.3, 0.4) is 0 Å². The molecule has 7 rings (SSSR count). The Morgan fingerprint density at radius 2 is 1.58 bits per heavy atom. The van der Waals surface area contributed by atoms with Crippen LogP contribution in [0.25, 0.3) is 0 Å². The molecular formula is C30H34N6O2. The molecule has 4 aliphatic rings. The van der Waals surface area contributed by atoms with Crippen LogP contribution in [0.5, 0.6) is 0 Å². The van der Waals surface area contributed by atoms with Crippen LogP contribution < -0.4 is 21.7 Å². The van der Waals surface area contributed by atoms with Crippen molar-refractivity contribution in [3.63, 3.8) is 0 Å². The van der Waals surface area contributed by atoms with Crippen LogP contribution in [-0.4, -0.2) is 21.8 Å². The van der Waals surface area contributed by atoms with E-state index in [1.807, 2.05) is 31.2 Å². The summed E-state index contributed by atoms with van der Waals surface area (Å²) in [7, 11) is 0. The van der Waals surface area contributed by atoms with Gasteiger partial charge in [-0.1, -0.05) is 12.1 Å². The smallest absolute Gasteiger partial charge is 0.256 e. The van der Waals surface area contributed by atoms with E-state index in [2.05, 4.69) is 25.9 Å². The minimum atomic E-state index is -0.278. The molecule has 5 N–H and O–H groups in total. The Labute approximate surface area is 222 Å². The van der Waals surface area contributed by atoms with Crippen molar-refractivity contribution in [2.75, 3.05) is 21.7 Å². The molecule has 4 bridgehead atoms. The van der Waals surface area contributed by atoms with Crippen LogP contribution in [0.2, 0.25) is 0 Å². The van der Waals surface area contributed by atoms with Gasteiger partial charge in [0, 0.05) is 29.0 Å². The van der Waals surface area contributed by atoms with Gasteiger partial charge in [-0.2, -0.15) is 0 Å². The number of aryl methyl sites for hydroxylation is 1. The highest BCUT2D eigenvalue weighted by atomic mass is 16.2. The maximum Gasteiger partial charge on any atom is 0.256 e. The molecule has 0 atom stereocenters. The molecule has 2 aromatic carbocycles. The molecule has 3 aromatic rings. The minimum Gasteiger partial charge on any atom is -0.399 e. The Morgan fingerprint density at radius 1 is 0.895 bits per heavy atom. The van der Waals surface area contributed by atoms with Crippen molar-refractivity contribution in [2.24, 2.45) is 23.2 Å². The molecule has 1 heterocycles. The summed E-state index contributed by atoms with van der Waals surface area (Å²) in [6.45, 7) is 1.88. The second kappa shape index (κ2) is 9.74. The Morgan fingerprint density at radius 3 is 2.24 bits per heavy atom. The average Bonchev–Trinajstić information content (AvgIpc) is 2.85. The number of nitrogen functional groups attached to an aromatic ring is 1.